The molecule has 1 amide bonds. The van der Waals surface area contributed by atoms with Crippen LogP contribution in [0.2, 0.25) is 0 Å². The van der Waals surface area contributed by atoms with E-state index >= 15 is 0 Å². The molecule has 0 aliphatic carbocycles. The summed E-state index contributed by atoms with van der Waals surface area (Å²) in [6, 6.07) is 14.5. The maximum atomic E-state index is 12.4. The fraction of sp³-hybridized carbons (Fsp3) is 0.200. The van der Waals surface area contributed by atoms with E-state index in [2.05, 4.69) is 10.3 Å². The zero-order valence-electron chi connectivity index (χ0n) is 14.5. The first-order valence-corrected chi connectivity index (χ1v) is 8.57. The predicted octanol–water partition coefficient (Wildman–Crippen LogP) is 2.12. The number of aliphatic carboxylic acids is 1. The van der Waals surface area contributed by atoms with Gasteiger partial charge in [0.1, 0.15) is 0 Å². The van der Waals surface area contributed by atoms with E-state index in [1.165, 1.54) is 10.9 Å². The fourth-order valence-corrected chi connectivity index (χ4v) is 2.84. The third-order valence-corrected chi connectivity index (χ3v) is 4.22. The normalized spacial score (nSPS) is 11.9. The molecule has 2 N–H and O–H groups in total. The Morgan fingerprint density at radius 3 is 2.52 bits per heavy atom. The van der Waals surface area contributed by atoms with Crippen molar-refractivity contribution in [2.24, 2.45) is 0 Å². The van der Waals surface area contributed by atoms with Gasteiger partial charge in [-0.1, -0.05) is 42.5 Å². The first kappa shape index (κ1) is 18.3. The number of carboxylic acids is 1. The molecule has 2 aromatic carbocycles. The molecule has 0 spiro atoms. The maximum Gasteiger partial charge on any atom is 0.330 e. The van der Waals surface area contributed by atoms with Crippen LogP contribution in [0.15, 0.2) is 65.7 Å². The monoisotopic (exact) mass is 365 g/mol. The number of aryl methyl sites for hydroxylation is 1. The van der Waals surface area contributed by atoms with Crippen molar-refractivity contribution in [3.8, 4) is 0 Å². The van der Waals surface area contributed by atoms with Gasteiger partial charge in [0.05, 0.1) is 17.2 Å². The van der Waals surface area contributed by atoms with Gasteiger partial charge in [0.25, 0.3) is 5.56 Å². The Hall–Kier alpha value is -3.48. The van der Waals surface area contributed by atoms with Crippen LogP contribution in [0, 0.1) is 0 Å². The molecule has 3 aromatic rings. The number of carbonyl (C=O) groups excluding carboxylic acids is 1. The van der Waals surface area contributed by atoms with E-state index in [4.69, 9.17) is 0 Å². The molecule has 1 heterocycles. The van der Waals surface area contributed by atoms with E-state index in [1.807, 2.05) is 6.07 Å². The van der Waals surface area contributed by atoms with Gasteiger partial charge in [-0.15, -0.1) is 0 Å². The van der Waals surface area contributed by atoms with Gasteiger partial charge in [-0.25, -0.2) is 9.78 Å². The molecular formula is C20H19N3O4. The fourth-order valence-electron chi connectivity index (χ4n) is 2.84. The lowest BCUT2D eigenvalue weighted by molar-refractivity contribution is -0.142. The van der Waals surface area contributed by atoms with Crippen LogP contribution in [-0.2, 0) is 16.1 Å². The van der Waals surface area contributed by atoms with Gasteiger partial charge in [0, 0.05) is 13.0 Å². The van der Waals surface area contributed by atoms with Crippen molar-refractivity contribution in [1.82, 2.24) is 14.9 Å². The summed E-state index contributed by atoms with van der Waals surface area (Å²) in [5, 5.41) is 12.4. The average Bonchev–Trinajstić information content (AvgIpc) is 2.68. The molecule has 27 heavy (non-hydrogen) atoms. The van der Waals surface area contributed by atoms with Gasteiger partial charge in [-0.3, -0.25) is 14.2 Å². The van der Waals surface area contributed by atoms with Crippen LogP contribution < -0.4 is 10.9 Å². The lowest BCUT2D eigenvalue weighted by Gasteiger charge is -2.15. The number of rotatable bonds is 7. The largest absolute Gasteiger partial charge is 0.479 e. The predicted molar refractivity (Wildman–Crippen MR) is 100 cm³/mol. The highest BCUT2D eigenvalue weighted by molar-refractivity contribution is 5.84. The molecular weight excluding hydrogens is 346 g/mol. The second-order valence-electron chi connectivity index (χ2n) is 6.11. The number of hydrogen-bond acceptors (Lipinski definition) is 4. The number of benzene rings is 2. The summed E-state index contributed by atoms with van der Waals surface area (Å²) in [4.78, 5) is 40.2. The van der Waals surface area contributed by atoms with Crippen LogP contribution >= 0.6 is 0 Å². The summed E-state index contributed by atoms with van der Waals surface area (Å²) in [6.07, 6.45) is 1.97. The molecule has 0 bridgehead atoms. The summed E-state index contributed by atoms with van der Waals surface area (Å²) in [5.74, 6) is -1.50. The van der Waals surface area contributed by atoms with Crippen LogP contribution in [0.25, 0.3) is 10.9 Å². The minimum Gasteiger partial charge on any atom is -0.479 e. The topological polar surface area (TPSA) is 101 Å². The zero-order chi connectivity index (χ0) is 19.2. The van der Waals surface area contributed by atoms with Crippen molar-refractivity contribution in [2.75, 3.05) is 0 Å². The third-order valence-electron chi connectivity index (χ3n) is 4.22. The number of nitrogens with one attached hydrogen (secondary N) is 1. The second kappa shape index (κ2) is 8.27. The molecule has 0 saturated carbocycles. The Morgan fingerprint density at radius 2 is 1.78 bits per heavy atom. The van der Waals surface area contributed by atoms with E-state index < -0.39 is 12.0 Å². The first-order chi connectivity index (χ1) is 13.1. The number of carboxylic acid groups (broad SMARTS) is 1. The molecule has 7 heteroatoms. The number of amides is 1. The van der Waals surface area contributed by atoms with Crippen molar-refractivity contribution >= 4 is 22.8 Å². The molecule has 0 saturated heterocycles. The number of fused-ring (bicyclic) bond motifs is 1. The van der Waals surface area contributed by atoms with Gasteiger partial charge >= 0.3 is 5.97 Å². The first-order valence-electron chi connectivity index (χ1n) is 8.57. The standard InChI is InChI=1S/C20H19N3O4/c24-17(22-18(20(26)27)14-7-2-1-3-8-14)11-6-12-23-13-21-16-10-5-4-9-15(16)19(23)25/h1-5,7-10,13,18H,6,11-12H2,(H,22,24)(H,26,27). The van der Waals surface area contributed by atoms with Crippen LogP contribution in [0.5, 0.6) is 0 Å². The number of carbonyl (C=O) groups is 2. The third kappa shape index (κ3) is 4.38. The lowest BCUT2D eigenvalue weighted by Crippen LogP contribution is -2.33. The minimum absolute atomic E-state index is 0.107. The highest BCUT2D eigenvalue weighted by atomic mass is 16.4. The smallest absolute Gasteiger partial charge is 0.330 e. The number of aromatic nitrogens is 2. The Bertz CT molecular complexity index is 1010. The van der Waals surface area contributed by atoms with Crippen LogP contribution in [0.3, 0.4) is 0 Å². The van der Waals surface area contributed by atoms with Crippen molar-refractivity contribution in [1.29, 1.82) is 0 Å². The molecule has 1 unspecified atom stereocenters. The van der Waals surface area contributed by atoms with Gasteiger partial charge in [0.15, 0.2) is 6.04 Å². The van der Waals surface area contributed by atoms with E-state index in [1.54, 1.807) is 48.5 Å². The molecule has 1 atom stereocenters. The van der Waals surface area contributed by atoms with Crippen molar-refractivity contribution in [3.05, 3.63) is 76.8 Å². The molecule has 1 aromatic heterocycles. The minimum atomic E-state index is -1.12. The van der Waals surface area contributed by atoms with Crippen LogP contribution in [0.4, 0.5) is 0 Å². The van der Waals surface area contributed by atoms with Crippen molar-refractivity contribution < 1.29 is 14.7 Å². The summed E-state index contributed by atoms with van der Waals surface area (Å²) < 4.78 is 1.46. The number of nitrogens with zero attached hydrogens (tertiary/aromatic N) is 2. The highest BCUT2D eigenvalue weighted by Gasteiger charge is 2.21. The molecule has 0 aliphatic heterocycles. The molecule has 7 nitrogen and oxygen atoms in total. The Morgan fingerprint density at radius 1 is 1.07 bits per heavy atom. The van der Waals surface area contributed by atoms with Crippen LogP contribution in [0.1, 0.15) is 24.4 Å². The second-order valence-corrected chi connectivity index (χ2v) is 6.11. The van der Waals surface area contributed by atoms with Gasteiger partial charge in [-0.05, 0) is 24.1 Å². The molecule has 0 radical (unpaired) electrons. The highest BCUT2D eigenvalue weighted by Crippen LogP contribution is 2.13. The van der Waals surface area contributed by atoms with E-state index in [9.17, 15) is 19.5 Å². The van der Waals surface area contributed by atoms with Gasteiger partial charge in [0.2, 0.25) is 5.91 Å². The summed E-state index contributed by atoms with van der Waals surface area (Å²) >= 11 is 0. The van der Waals surface area contributed by atoms with E-state index in [-0.39, 0.29) is 17.9 Å². The quantitative estimate of drug-likeness (QED) is 0.668. The van der Waals surface area contributed by atoms with E-state index in [0.717, 1.165) is 0 Å². The summed E-state index contributed by atoms with van der Waals surface area (Å²) in [6.45, 7) is 0.327. The Kier molecular flexibility index (Phi) is 5.61. The van der Waals surface area contributed by atoms with Crippen molar-refractivity contribution in [2.45, 2.75) is 25.4 Å². The Labute approximate surface area is 155 Å². The van der Waals surface area contributed by atoms with Gasteiger partial charge < -0.3 is 10.4 Å². The SMILES string of the molecule is O=C(CCCn1cnc2ccccc2c1=O)NC(C(=O)O)c1ccccc1. The summed E-state index contributed by atoms with van der Waals surface area (Å²) in [7, 11) is 0. The van der Waals surface area contributed by atoms with Crippen LogP contribution in [-0.4, -0.2) is 26.5 Å². The molecule has 0 fully saturated rings. The molecule has 138 valence electrons. The van der Waals surface area contributed by atoms with Gasteiger partial charge in [-0.2, -0.15) is 0 Å². The lowest BCUT2D eigenvalue weighted by atomic mass is 10.1. The zero-order valence-corrected chi connectivity index (χ0v) is 14.5. The Balaban J connectivity index is 1.60. The molecule has 3 rings (SSSR count). The summed E-state index contributed by atoms with van der Waals surface area (Å²) in [5.41, 5.74) is 0.977. The van der Waals surface area contributed by atoms with E-state index in [0.29, 0.717) is 29.4 Å². The number of para-hydroxylation sites is 1. The number of hydrogen-bond donors (Lipinski definition) is 2. The average molecular weight is 365 g/mol. The molecule has 0 aliphatic rings. The van der Waals surface area contributed by atoms with Crippen molar-refractivity contribution in [3.63, 3.8) is 0 Å². The maximum absolute atomic E-state index is 12.4.